The van der Waals surface area contributed by atoms with E-state index < -0.39 is 12.2 Å². The van der Waals surface area contributed by atoms with Crippen LogP contribution in [-0.4, -0.2) is 48.7 Å². The van der Waals surface area contributed by atoms with Crippen molar-refractivity contribution in [1.82, 2.24) is 0 Å². The van der Waals surface area contributed by atoms with Crippen molar-refractivity contribution in [1.29, 1.82) is 0 Å². The molecule has 0 spiro atoms. The number of carbonyl (C=O) groups excluding carboxylic acids is 1. The van der Waals surface area contributed by atoms with Crippen LogP contribution >= 0.6 is 0 Å². The Labute approximate surface area is 190 Å². The van der Waals surface area contributed by atoms with Gasteiger partial charge in [0.15, 0.2) is 0 Å². The highest BCUT2D eigenvalue weighted by Crippen LogP contribution is 2.15. The number of esters is 1. The minimum atomic E-state index is -0.748. The Morgan fingerprint density at radius 2 is 1.75 bits per heavy atom. The Morgan fingerprint density at radius 1 is 1.03 bits per heavy atom. The van der Waals surface area contributed by atoms with E-state index >= 15 is 0 Å². The number of aliphatic hydroxyl groups excluding tert-OH is 2. The van der Waals surface area contributed by atoms with E-state index in [2.05, 4.69) is 0 Å². The SMILES string of the molecule is COc1ccc(COC[C@H](C)C[C@@H](O)C[C@H](O)/C=C/CCOC(=O)c2ccccc2)cc1. The van der Waals surface area contributed by atoms with Gasteiger partial charge in [0.25, 0.3) is 0 Å². The van der Waals surface area contributed by atoms with Gasteiger partial charge in [-0.05, 0) is 48.6 Å². The Hall–Kier alpha value is -2.67. The molecule has 0 aromatic heterocycles. The maximum atomic E-state index is 11.8. The Bertz CT molecular complexity index is 803. The monoisotopic (exact) mass is 442 g/mol. The third-order valence-corrected chi connectivity index (χ3v) is 4.90. The summed E-state index contributed by atoms with van der Waals surface area (Å²) < 4.78 is 16.1. The van der Waals surface area contributed by atoms with Crippen LogP contribution in [-0.2, 0) is 16.1 Å². The Kier molecular flexibility index (Phi) is 11.5. The molecule has 0 radical (unpaired) electrons. The number of hydrogen-bond donors (Lipinski definition) is 2. The lowest BCUT2D eigenvalue weighted by Gasteiger charge is -2.18. The zero-order valence-corrected chi connectivity index (χ0v) is 18.9. The van der Waals surface area contributed by atoms with Crippen LogP contribution in [0.25, 0.3) is 0 Å². The van der Waals surface area contributed by atoms with Gasteiger partial charge < -0.3 is 24.4 Å². The number of carbonyl (C=O) groups is 1. The maximum Gasteiger partial charge on any atom is 0.338 e. The fourth-order valence-electron chi connectivity index (χ4n) is 3.22. The largest absolute Gasteiger partial charge is 0.497 e. The normalized spacial score (nSPS) is 14.1. The van der Waals surface area contributed by atoms with E-state index in [-0.39, 0.29) is 24.9 Å². The average molecular weight is 443 g/mol. The maximum absolute atomic E-state index is 11.8. The van der Waals surface area contributed by atoms with Crippen molar-refractivity contribution in [2.24, 2.45) is 5.92 Å². The highest BCUT2D eigenvalue weighted by molar-refractivity contribution is 5.89. The van der Waals surface area contributed by atoms with Gasteiger partial charge in [-0.25, -0.2) is 4.79 Å². The van der Waals surface area contributed by atoms with Crippen LogP contribution in [0, 0.1) is 5.92 Å². The summed E-state index contributed by atoms with van der Waals surface area (Å²) in [5.74, 6) is 0.612. The second-order valence-corrected chi connectivity index (χ2v) is 7.88. The molecule has 2 rings (SSSR count). The van der Waals surface area contributed by atoms with E-state index in [4.69, 9.17) is 14.2 Å². The number of ether oxygens (including phenoxy) is 3. The Balaban J connectivity index is 1.56. The van der Waals surface area contributed by atoms with Crippen molar-refractivity contribution < 1.29 is 29.2 Å². The van der Waals surface area contributed by atoms with Crippen LogP contribution in [0.5, 0.6) is 5.75 Å². The van der Waals surface area contributed by atoms with Gasteiger partial charge in [-0.1, -0.05) is 49.4 Å². The molecule has 0 heterocycles. The van der Waals surface area contributed by atoms with E-state index in [0.717, 1.165) is 11.3 Å². The fraction of sp³-hybridized carbons (Fsp3) is 0.423. The summed E-state index contributed by atoms with van der Waals surface area (Å²) in [6, 6.07) is 16.5. The molecule has 0 fully saturated rings. The number of benzene rings is 2. The molecule has 0 aliphatic heterocycles. The van der Waals surface area contributed by atoms with Gasteiger partial charge >= 0.3 is 5.97 Å². The molecule has 2 N–H and O–H groups in total. The molecule has 0 saturated heterocycles. The number of hydrogen-bond acceptors (Lipinski definition) is 6. The van der Waals surface area contributed by atoms with Gasteiger partial charge in [-0.3, -0.25) is 0 Å². The van der Waals surface area contributed by atoms with Crippen LogP contribution < -0.4 is 4.74 Å². The molecule has 0 bridgehead atoms. The summed E-state index contributed by atoms with van der Waals surface area (Å²) in [5.41, 5.74) is 1.58. The zero-order valence-electron chi connectivity index (χ0n) is 18.9. The van der Waals surface area contributed by atoms with Gasteiger partial charge in [-0.2, -0.15) is 0 Å². The van der Waals surface area contributed by atoms with Crippen molar-refractivity contribution >= 4 is 5.97 Å². The molecular formula is C26H34O6. The van der Waals surface area contributed by atoms with Crippen molar-refractivity contribution in [3.05, 3.63) is 77.9 Å². The molecule has 0 aliphatic carbocycles. The summed E-state index contributed by atoms with van der Waals surface area (Å²) >= 11 is 0. The topological polar surface area (TPSA) is 85.2 Å². The molecule has 174 valence electrons. The van der Waals surface area contributed by atoms with E-state index in [1.165, 1.54) is 0 Å². The highest BCUT2D eigenvalue weighted by atomic mass is 16.5. The second-order valence-electron chi connectivity index (χ2n) is 7.88. The molecule has 6 heteroatoms. The molecule has 0 unspecified atom stereocenters. The predicted molar refractivity (Wildman–Crippen MR) is 124 cm³/mol. The first-order chi connectivity index (χ1) is 15.5. The van der Waals surface area contributed by atoms with Gasteiger partial charge in [0.1, 0.15) is 5.75 Å². The van der Waals surface area contributed by atoms with Crippen LogP contribution in [0.15, 0.2) is 66.7 Å². The van der Waals surface area contributed by atoms with Crippen molar-refractivity contribution in [2.45, 2.75) is 45.0 Å². The van der Waals surface area contributed by atoms with Gasteiger partial charge in [-0.15, -0.1) is 0 Å². The van der Waals surface area contributed by atoms with Gasteiger partial charge in [0, 0.05) is 13.0 Å². The minimum Gasteiger partial charge on any atom is -0.497 e. The second kappa shape index (κ2) is 14.4. The van der Waals surface area contributed by atoms with Gasteiger partial charge in [0.2, 0.25) is 0 Å². The van der Waals surface area contributed by atoms with E-state index in [0.29, 0.717) is 31.6 Å². The van der Waals surface area contributed by atoms with Crippen LogP contribution in [0.1, 0.15) is 42.1 Å². The van der Waals surface area contributed by atoms with E-state index in [9.17, 15) is 15.0 Å². The summed E-state index contributed by atoms with van der Waals surface area (Å²) in [5, 5.41) is 20.3. The van der Waals surface area contributed by atoms with Crippen molar-refractivity contribution in [3.8, 4) is 5.75 Å². The lowest BCUT2D eigenvalue weighted by Crippen LogP contribution is -2.20. The number of methoxy groups -OCH3 is 1. The van der Waals surface area contributed by atoms with Gasteiger partial charge in [0.05, 0.1) is 38.1 Å². The molecule has 3 atom stereocenters. The van der Waals surface area contributed by atoms with Crippen molar-refractivity contribution in [2.75, 3.05) is 20.3 Å². The smallest absolute Gasteiger partial charge is 0.338 e. The molecule has 32 heavy (non-hydrogen) atoms. The quantitative estimate of drug-likeness (QED) is 0.260. The summed E-state index contributed by atoms with van der Waals surface area (Å²) in [6.07, 6.45) is 3.32. The first-order valence-corrected chi connectivity index (χ1v) is 10.9. The first-order valence-electron chi connectivity index (χ1n) is 10.9. The molecule has 0 amide bonds. The molecule has 6 nitrogen and oxygen atoms in total. The third-order valence-electron chi connectivity index (χ3n) is 4.90. The third kappa shape index (κ3) is 10.1. The fourth-order valence-corrected chi connectivity index (χ4v) is 3.22. The van der Waals surface area contributed by atoms with Crippen LogP contribution in [0.4, 0.5) is 0 Å². The number of aliphatic hydroxyl groups is 2. The molecule has 2 aromatic carbocycles. The lowest BCUT2D eigenvalue weighted by atomic mass is 10.00. The average Bonchev–Trinajstić information content (AvgIpc) is 2.79. The summed E-state index contributed by atoms with van der Waals surface area (Å²) in [6.45, 7) is 3.29. The predicted octanol–water partition coefficient (Wildman–Crippen LogP) is 4.15. The Morgan fingerprint density at radius 3 is 2.44 bits per heavy atom. The minimum absolute atomic E-state index is 0.164. The van der Waals surface area contributed by atoms with E-state index in [1.807, 2.05) is 37.3 Å². The molecule has 0 saturated carbocycles. The highest BCUT2D eigenvalue weighted by Gasteiger charge is 2.14. The number of rotatable bonds is 14. The van der Waals surface area contributed by atoms with Crippen molar-refractivity contribution in [3.63, 3.8) is 0 Å². The first kappa shape index (κ1) is 25.6. The van der Waals surface area contributed by atoms with Crippen LogP contribution in [0.3, 0.4) is 0 Å². The lowest BCUT2D eigenvalue weighted by molar-refractivity contribution is 0.0489. The molecular weight excluding hydrogens is 408 g/mol. The molecule has 0 aliphatic rings. The summed E-state index contributed by atoms with van der Waals surface area (Å²) in [4.78, 5) is 11.8. The zero-order chi connectivity index (χ0) is 23.2. The van der Waals surface area contributed by atoms with E-state index in [1.54, 1.807) is 43.5 Å². The summed E-state index contributed by atoms with van der Waals surface area (Å²) in [7, 11) is 1.63. The van der Waals surface area contributed by atoms with Crippen LogP contribution in [0.2, 0.25) is 0 Å². The molecule has 2 aromatic rings. The standard InChI is InChI=1S/C26H34O6/c1-20(18-31-19-21-11-13-25(30-2)14-12-21)16-24(28)17-23(27)10-6-7-15-32-26(29)22-8-4-3-5-9-22/h3-6,8-14,20,23-24,27-28H,7,15-19H2,1-2H3/b10-6+/t20-,23-,24-/m1/s1.